The van der Waals surface area contributed by atoms with Crippen LogP contribution in [0.1, 0.15) is 19.8 Å². The molecule has 1 aromatic carbocycles. The van der Waals surface area contributed by atoms with Gasteiger partial charge in [0.1, 0.15) is 10.1 Å². The van der Waals surface area contributed by atoms with Gasteiger partial charge in [-0.05, 0) is 31.9 Å². The summed E-state index contributed by atoms with van der Waals surface area (Å²) < 4.78 is 6.31. The molecule has 1 aromatic rings. The molecule has 1 heterocycles. The summed E-state index contributed by atoms with van der Waals surface area (Å²) in [5.41, 5.74) is 0.706. The molecule has 0 bridgehead atoms. The number of carbonyl (C=O) groups excluding carboxylic acids is 1. The number of likely N-dealkylation sites (tertiary alicyclic amines) is 1. The van der Waals surface area contributed by atoms with Gasteiger partial charge in [0.05, 0.1) is 18.0 Å². The van der Waals surface area contributed by atoms with Crippen molar-refractivity contribution in [3.8, 4) is 5.75 Å². The van der Waals surface area contributed by atoms with E-state index in [2.05, 4.69) is 10.2 Å². The number of para-hydroxylation sites is 2. The van der Waals surface area contributed by atoms with Crippen LogP contribution in [0, 0.1) is 0 Å². The van der Waals surface area contributed by atoms with Gasteiger partial charge < -0.3 is 15.0 Å². The molecule has 114 valence electrons. The minimum atomic E-state index is -0.0614. The molecule has 1 N–H and O–H groups in total. The quantitative estimate of drug-likeness (QED) is 0.843. The van der Waals surface area contributed by atoms with Crippen LogP contribution in [0.15, 0.2) is 24.3 Å². The molecule has 0 aliphatic carbocycles. The van der Waals surface area contributed by atoms with E-state index in [1.165, 1.54) is 24.6 Å². The number of rotatable bonds is 5. The van der Waals surface area contributed by atoms with E-state index >= 15 is 0 Å². The maximum absolute atomic E-state index is 12.0. The van der Waals surface area contributed by atoms with Gasteiger partial charge in [-0.15, -0.1) is 0 Å². The molecule has 6 heteroatoms. The summed E-state index contributed by atoms with van der Waals surface area (Å²) >= 11 is 6.77. The van der Waals surface area contributed by atoms with Gasteiger partial charge in [0.25, 0.3) is 0 Å². The second-order valence-electron chi connectivity index (χ2n) is 4.73. The lowest BCUT2D eigenvalue weighted by atomic mass is 10.3. The number of anilines is 1. The minimum absolute atomic E-state index is 0.0614. The SMILES string of the molecule is CCOc1ccccc1NC(=O)CSC(=S)N1CCCC1. The lowest BCUT2D eigenvalue weighted by Crippen LogP contribution is -2.25. The summed E-state index contributed by atoms with van der Waals surface area (Å²) in [5, 5.41) is 2.88. The van der Waals surface area contributed by atoms with E-state index in [4.69, 9.17) is 17.0 Å². The predicted octanol–water partition coefficient (Wildman–Crippen LogP) is 3.14. The molecule has 0 unspecified atom stereocenters. The molecule has 0 spiro atoms. The smallest absolute Gasteiger partial charge is 0.234 e. The first-order chi connectivity index (χ1) is 10.2. The summed E-state index contributed by atoms with van der Waals surface area (Å²) in [6.45, 7) is 4.52. The van der Waals surface area contributed by atoms with Crippen molar-refractivity contribution in [1.29, 1.82) is 0 Å². The monoisotopic (exact) mass is 324 g/mol. The normalized spacial score (nSPS) is 14.0. The van der Waals surface area contributed by atoms with Crippen LogP contribution in [0.2, 0.25) is 0 Å². The first kappa shape index (κ1) is 16.1. The Morgan fingerprint density at radius 3 is 2.81 bits per heavy atom. The van der Waals surface area contributed by atoms with Crippen molar-refractivity contribution >= 4 is 39.9 Å². The van der Waals surface area contributed by atoms with Crippen LogP contribution in [0.3, 0.4) is 0 Å². The van der Waals surface area contributed by atoms with Gasteiger partial charge in [-0.3, -0.25) is 4.79 Å². The average molecular weight is 324 g/mol. The fourth-order valence-corrected chi connectivity index (χ4v) is 3.21. The fraction of sp³-hybridized carbons (Fsp3) is 0.467. The molecule has 2 rings (SSSR count). The largest absolute Gasteiger partial charge is 0.492 e. The van der Waals surface area contributed by atoms with E-state index in [0.29, 0.717) is 23.8 Å². The first-order valence-corrected chi connectivity index (χ1v) is 8.53. The summed E-state index contributed by atoms with van der Waals surface area (Å²) in [4.78, 5) is 14.2. The van der Waals surface area contributed by atoms with E-state index in [0.717, 1.165) is 17.4 Å². The lowest BCUT2D eigenvalue weighted by Gasteiger charge is -2.17. The number of nitrogens with zero attached hydrogens (tertiary/aromatic N) is 1. The molecule has 0 saturated carbocycles. The molecule has 1 aliphatic rings. The third kappa shape index (κ3) is 4.89. The third-order valence-electron chi connectivity index (χ3n) is 3.15. The highest BCUT2D eigenvalue weighted by atomic mass is 32.2. The number of thioether (sulfide) groups is 1. The summed E-state index contributed by atoms with van der Waals surface area (Å²) in [6, 6.07) is 7.45. The number of benzene rings is 1. The highest BCUT2D eigenvalue weighted by molar-refractivity contribution is 8.23. The Labute approximate surface area is 135 Å². The lowest BCUT2D eigenvalue weighted by molar-refractivity contribution is -0.113. The predicted molar refractivity (Wildman–Crippen MR) is 92.1 cm³/mol. The molecule has 1 saturated heterocycles. The van der Waals surface area contributed by atoms with Crippen LogP contribution in [-0.2, 0) is 4.79 Å². The Morgan fingerprint density at radius 1 is 1.38 bits per heavy atom. The Hall–Kier alpha value is -1.27. The molecule has 1 fully saturated rings. The molecule has 1 amide bonds. The van der Waals surface area contributed by atoms with Gasteiger partial charge in [0.15, 0.2) is 0 Å². The van der Waals surface area contributed by atoms with Gasteiger partial charge in [-0.1, -0.05) is 36.1 Å². The van der Waals surface area contributed by atoms with Crippen molar-refractivity contribution < 1.29 is 9.53 Å². The van der Waals surface area contributed by atoms with Crippen LogP contribution in [0.5, 0.6) is 5.75 Å². The van der Waals surface area contributed by atoms with Crippen LogP contribution >= 0.6 is 24.0 Å². The second-order valence-corrected chi connectivity index (χ2v) is 6.34. The van der Waals surface area contributed by atoms with Gasteiger partial charge in [-0.2, -0.15) is 0 Å². The van der Waals surface area contributed by atoms with Crippen molar-refractivity contribution in [3.63, 3.8) is 0 Å². The zero-order valence-corrected chi connectivity index (χ0v) is 13.8. The van der Waals surface area contributed by atoms with Crippen molar-refractivity contribution in [2.45, 2.75) is 19.8 Å². The number of nitrogens with one attached hydrogen (secondary N) is 1. The Morgan fingerprint density at radius 2 is 2.10 bits per heavy atom. The van der Waals surface area contributed by atoms with Crippen LogP contribution in [-0.4, -0.2) is 40.6 Å². The molecule has 0 aromatic heterocycles. The van der Waals surface area contributed by atoms with E-state index in [1.807, 2.05) is 31.2 Å². The molecule has 21 heavy (non-hydrogen) atoms. The highest BCUT2D eigenvalue weighted by Crippen LogP contribution is 2.24. The summed E-state index contributed by atoms with van der Waals surface area (Å²) in [5.74, 6) is 0.963. The average Bonchev–Trinajstić information content (AvgIpc) is 3.01. The molecule has 0 radical (unpaired) electrons. The Balaban J connectivity index is 1.82. The highest BCUT2D eigenvalue weighted by Gasteiger charge is 2.16. The molecular weight excluding hydrogens is 304 g/mol. The van der Waals surface area contributed by atoms with Crippen molar-refractivity contribution in [2.75, 3.05) is 30.8 Å². The molecular formula is C15H20N2O2S2. The van der Waals surface area contributed by atoms with Crippen LogP contribution in [0.4, 0.5) is 5.69 Å². The summed E-state index contributed by atoms with van der Waals surface area (Å²) in [7, 11) is 0. The van der Waals surface area contributed by atoms with E-state index in [1.54, 1.807) is 0 Å². The number of hydrogen-bond donors (Lipinski definition) is 1. The van der Waals surface area contributed by atoms with Gasteiger partial charge in [-0.25, -0.2) is 0 Å². The van der Waals surface area contributed by atoms with Gasteiger partial charge in [0.2, 0.25) is 5.91 Å². The van der Waals surface area contributed by atoms with Crippen LogP contribution in [0.25, 0.3) is 0 Å². The van der Waals surface area contributed by atoms with Crippen molar-refractivity contribution in [3.05, 3.63) is 24.3 Å². The topological polar surface area (TPSA) is 41.6 Å². The standard InChI is InChI=1S/C15H20N2O2S2/c1-2-19-13-8-4-3-7-12(13)16-14(18)11-21-15(20)17-9-5-6-10-17/h3-4,7-8H,2,5-6,9-11H2,1H3,(H,16,18). The van der Waals surface area contributed by atoms with E-state index < -0.39 is 0 Å². The van der Waals surface area contributed by atoms with Crippen molar-refractivity contribution in [2.24, 2.45) is 0 Å². The number of hydrogen-bond acceptors (Lipinski definition) is 4. The maximum atomic E-state index is 12.0. The number of thiocarbonyl (C=S) groups is 1. The van der Waals surface area contributed by atoms with Gasteiger partial charge in [0, 0.05) is 13.1 Å². The number of amides is 1. The Kier molecular flexibility index (Phi) is 6.32. The first-order valence-electron chi connectivity index (χ1n) is 7.14. The number of carbonyl (C=O) groups is 1. The molecule has 1 aliphatic heterocycles. The van der Waals surface area contributed by atoms with Crippen LogP contribution < -0.4 is 10.1 Å². The third-order valence-corrected chi connectivity index (χ3v) is 4.68. The van der Waals surface area contributed by atoms with Gasteiger partial charge >= 0.3 is 0 Å². The van der Waals surface area contributed by atoms with E-state index in [-0.39, 0.29) is 5.91 Å². The zero-order chi connectivity index (χ0) is 15.1. The Bertz CT molecular complexity index is 502. The zero-order valence-electron chi connectivity index (χ0n) is 12.1. The molecule has 4 nitrogen and oxygen atoms in total. The summed E-state index contributed by atoms with van der Waals surface area (Å²) in [6.07, 6.45) is 2.38. The number of ether oxygens (including phenoxy) is 1. The molecule has 0 atom stereocenters. The second kappa shape index (κ2) is 8.24. The van der Waals surface area contributed by atoms with E-state index in [9.17, 15) is 4.79 Å². The minimum Gasteiger partial charge on any atom is -0.492 e. The van der Waals surface area contributed by atoms with Crippen molar-refractivity contribution in [1.82, 2.24) is 4.90 Å². The fourth-order valence-electron chi connectivity index (χ4n) is 2.16. The maximum Gasteiger partial charge on any atom is 0.234 e.